The lowest BCUT2D eigenvalue weighted by molar-refractivity contribution is -0.141. The van der Waals surface area contributed by atoms with E-state index in [4.69, 9.17) is 46.4 Å². The Kier molecular flexibility index (Phi) is 10.4. The summed E-state index contributed by atoms with van der Waals surface area (Å²) in [5, 5.41) is 3.88. The molecule has 1 N–H and O–H groups in total. The number of anilines is 1. The highest BCUT2D eigenvalue weighted by Crippen LogP contribution is 2.31. The van der Waals surface area contributed by atoms with Crippen molar-refractivity contribution in [3.05, 3.63) is 62.1 Å². The molecule has 0 bridgehead atoms. The van der Waals surface area contributed by atoms with E-state index in [1.54, 1.807) is 25.1 Å². The van der Waals surface area contributed by atoms with Crippen molar-refractivity contribution in [2.45, 2.75) is 52.2 Å². The Morgan fingerprint density at radius 3 is 2.11 bits per heavy atom. The molecular formula is C24H29Cl4N3O4S. The Balaban J connectivity index is 2.53. The van der Waals surface area contributed by atoms with E-state index in [9.17, 15) is 18.0 Å². The number of carbonyl (C=O) groups is 2. The Morgan fingerprint density at radius 1 is 0.972 bits per heavy atom. The third-order valence-electron chi connectivity index (χ3n) is 5.08. The van der Waals surface area contributed by atoms with Crippen molar-refractivity contribution in [2.24, 2.45) is 0 Å². The number of nitrogens with one attached hydrogen (secondary N) is 1. The van der Waals surface area contributed by atoms with Gasteiger partial charge in [-0.05, 0) is 63.1 Å². The minimum Gasteiger partial charge on any atom is -0.350 e. The van der Waals surface area contributed by atoms with Gasteiger partial charge in [-0.1, -0.05) is 59.4 Å². The maximum absolute atomic E-state index is 13.7. The lowest BCUT2D eigenvalue weighted by atomic mass is 10.1. The van der Waals surface area contributed by atoms with Crippen molar-refractivity contribution in [1.29, 1.82) is 0 Å². The van der Waals surface area contributed by atoms with Crippen LogP contribution >= 0.6 is 46.4 Å². The van der Waals surface area contributed by atoms with Gasteiger partial charge in [-0.3, -0.25) is 13.9 Å². The number of hydrogen-bond acceptors (Lipinski definition) is 4. The molecule has 12 heteroatoms. The van der Waals surface area contributed by atoms with Crippen LogP contribution in [0.15, 0.2) is 36.4 Å². The van der Waals surface area contributed by atoms with Gasteiger partial charge in [-0.15, -0.1) is 0 Å². The van der Waals surface area contributed by atoms with Gasteiger partial charge in [0.25, 0.3) is 0 Å². The first-order chi connectivity index (χ1) is 16.5. The molecule has 36 heavy (non-hydrogen) atoms. The molecule has 0 aliphatic rings. The standard InChI is InChI=1S/C24H29Cl4N3O4S/c1-6-20(23(33)29-24(2,3)4)30(13-15-7-9-17(26)19(28)11-15)22(32)14-31(36(5,34)35)21-12-16(25)8-10-18(21)27/h7-12,20H,6,13-14H2,1-5H3,(H,29,33)/t20-/m1/s1. The van der Waals surface area contributed by atoms with E-state index in [0.29, 0.717) is 10.6 Å². The number of rotatable bonds is 9. The van der Waals surface area contributed by atoms with Gasteiger partial charge in [-0.2, -0.15) is 0 Å². The maximum Gasteiger partial charge on any atom is 0.244 e. The molecule has 1 atom stereocenters. The smallest absolute Gasteiger partial charge is 0.244 e. The number of carbonyl (C=O) groups excluding carboxylic acids is 2. The SMILES string of the molecule is CC[C@H](C(=O)NC(C)(C)C)N(Cc1ccc(Cl)c(Cl)c1)C(=O)CN(c1cc(Cl)ccc1Cl)S(C)(=O)=O. The zero-order valence-electron chi connectivity index (χ0n) is 20.6. The minimum atomic E-state index is -3.95. The predicted octanol–water partition coefficient (Wildman–Crippen LogP) is 5.79. The average molecular weight is 597 g/mol. The summed E-state index contributed by atoms with van der Waals surface area (Å²) in [6, 6.07) is 8.31. The topological polar surface area (TPSA) is 86.8 Å². The molecule has 0 fully saturated rings. The summed E-state index contributed by atoms with van der Waals surface area (Å²) in [6.45, 7) is 6.65. The molecule has 0 saturated carbocycles. The van der Waals surface area contributed by atoms with Crippen LogP contribution in [0.5, 0.6) is 0 Å². The zero-order chi connectivity index (χ0) is 27.4. The first-order valence-electron chi connectivity index (χ1n) is 11.0. The molecule has 0 saturated heterocycles. The highest BCUT2D eigenvalue weighted by Gasteiger charge is 2.33. The number of halogens is 4. The van der Waals surface area contributed by atoms with Crippen LogP contribution in [0.2, 0.25) is 20.1 Å². The molecule has 0 aromatic heterocycles. The second-order valence-electron chi connectivity index (χ2n) is 9.30. The van der Waals surface area contributed by atoms with E-state index in [-0.39, 0.29) is 39.6 Å². The molecule has 7 nitrogen and oxygen atoms in total. The van der Waals surface area contributed by atoms with Crippen LogP contribution in [0.4, 0.5) is 5.69 Å². The fourth-order valence-corrected chi connectivity index (χ4v) is 5.09. The second kappa shape index (κ2) is 12.2. The third-order valence-corrected chi connectivity index (χ3v) is 7.50. The molecule has 0 heterocycles. The zero-order valence-corrected chi connectivity index (χ0v) is 24.5. The monoisotopic (exact) mass is 595 g/mol. The van der Waals surface area contributed by atoms with E-state index >= 15 is 0 Å². The van der Waals surface area contributed by atoms with Gasteiger partial charge in [0.15, 0.2) is 0 Å². The van der Waals surface area contributed by atoms with E-state index in [1.165, 1.54) is 23.1 Å². The van der Waals surface area contributed by atoms with Crippen LogP contribution in [0.3, 0.4) is 0 Å². The Bertz CT molecular complexity index is 1230. The molecule has 0 aliphatic carbocycles. The van der Waals surface area contributed by atoms with E-state index < -0.39 is 34.1 Å². The van der Waals surface area contributed by atoms with Crippen LogP contribution in [0.1, 0.15) is 39.7 Å². The van der Waals surface area contributed by atoms with Crippen molar-refractivity contribution in [3.63, 3.8) is 0 Å². The normalized spacial score (nSPS) is 12.7. The molecule has 2 aromatic carbocycles. The Morgan fingerprint density at radius 2 is 1.58 bits per heavy atom. The number of benzene rings is 2. The number of sulfonamides is 1. The molecule has 2 amide bonds. The predicted molar refractivity (Wildman–Crippen MR) is 148 cm³/mol. The fourth-order valence-electron chi connectivity index (χ4n) is 3.48. The van der Waals surface area contributed by atoms with Crippen LogP contribution < -0.4 is 9.62 Å². The Labute approximate surface area is 232 Å². The highest BCUT2D eigenvalue weighted by atomic mass is 35.5. The number of amides is 2. The van der Waals surface area contributed by atoms with Crippen molar-refractivity contribution < 1.29 is 18.0 Å². The first-order valence-corrected chi connectivity index (χ1v) is 14.4. The van der Waals surface area contributed by atoms with Crippen molar-refractivity contribution in [2.75, 3.05) is 17.1 Å². The summed E-state index contributed by atoms with van der Waals surface area (Å²) in [5.41, 5.74) is 0.128. The molecule has 0 unspecified atom stereocenters. The lowest BCUT2D eigenvalue weighted by Gasteiger charge is -2.34. The summed E-state index contributed by atoms with van der Waals surface area (Å²) in [7, 11) is -3.95. The molecule has 0 aliphatic heterocycles. The van der Waals surface area contributed by atoms with Crippen LogP contribution in [-0.4, -0.2) is 49.5 Å². The van der Waals surface area contributed by atoms with Gasteiger partial charge in [0.2, 0.25) is 21.8 Å². The quantitative estimate of drug-likeness (QED) is 0.397. The third kappa shape index (κ3) is 8.42. The van der Waals surface area contributed by atoms with Gasteiger partial charge < -0.3 is 10.2 Å². The molecule has 2 rings (SSSR count). The van der Waals surface area contributed by atoms with Crippen LogP contribution in [-0.2, 0) is 26.2 Å². The lowest BCUT2D eigenvalue weighted by Crippen LogP contribution is -2.55. The highest BCUT2D eigenvalue weighted by molar-refractivity contribution is 7.92. The van der Waals surface area contributed by atoms with Crippen LogP contribution in [0.25, 0.3) is 0 Å². The van der Waals surface area contributed by atoms with Gasteiger partial charge >= 0.3 is 0 Å². The number of hydrogen-bond donors (Lipinski definition) is 1. The summed E-state index contributed by atoms with van der Waals surface area (Å²) < 4.78 is 26.3. The second-order valence-corrected chi connectivity index (χ2v) is 12.9. The van der Waals surface area contributed by atoms with Crippen molar-refractivity contribution in [1.82, 2.24) is 10.2 Å². The van der Waals surface area contributed by atoms with Crippen molar-refractivity contribution >= 4 is 73.9 Å². The average Bonchev–Trinajstić information content (AvgIpc) is 2.74. The molecule has 198 valence electrons. The summed E-state index contributed by atoms with van der Waals surface area (Å²) in [5.74, 6) is -0.983. The summed E-state index contributed by atoms with van der Waals surface area (Å²) >= 11 is 24.5. The largest absolute Gasteiger partial charge is 0.350 e. The number of nitrogens with zero attached hydrogens (tertiary/aromatic N) is 2. The molecule has 2 aromatic rings. The van der Waals surface area contributed by atoms with E-state index in [1.807, 2.05) is 20.8 Å². The Hall–Kier alpha value is -1.71. The molecule has 0 radical (unpaired) electrons. The van der Waals surface area contributed by atoms with Gasteiger partial charge in [0, 0.05) is 17.1 Å². The summed E-state index contributed by atoms with van der Waals surface area (Å²) in [4.78, 5) is 28.2. The van der Waals surface area contributed by atoms with Gasteiger partial charge in [0.05, 0.1) is 27.0 Å². The van der Waals surface area contributed by atoms with E-state index in [0.717, 1.165) is 10.6 Å². The van der Waals surface area contributed by atoms with Gasteiger partial charge in [0.1, 0.15) is 12.6 Å². The minimum absolute atomic E-state index is 0.00727. The fraction of sp³-hybridized carbons (Fsp3) is 0.417. The summed E-state index contributed by atoms with van der Waals surface area (Å²) in [6.07, 6.45) is 1.25. The molecule has 0 spiro atoms. The first kappa shape index (κ1) is 30.5. The van der Waals surface area contributed by atoms with Gasteiger partial charge in [-0.25, -0.2) is 8.42 Å². The van der Waals surface area contributed by atoms with E-state index in [2.05, 4.69) is 5.32 Å². The maximum atomic E-state index is 13.7. The van der Waals surface area contributed by atoms with Crippen molar-refractivity contribution in [3.8, 4) is 0 Å². The molecular weight excluding hydrogens is 568 g/mol. The van der Waals surface area contributed by atoms with Crippen LogP contribution in [0, 0.1) is 0 Å².